The molecule has 1 unspecified atom stereocenters. The fourth-order valence-electron chi connectivity index (χ4n) is 2.73. The number of nitrogens with zero attached hydrogens (tertiary/aromatic N) is 1. The van der Waals surface area contributed by atoms with Crippen LogP contribution in [-0.4, -0.2) is 46.7 Å². The van der Waals surface area contributed by atoms with Gasteiger partial charge in [0.2, 0.25) is 0 Å². The molecular weight excluding hydrogens is 268 g/mol. The van der Waals surface area contributed by atoms with Crippen LogP contribution < -0.4 is 5.32 Å². The maximum absolute atomic E-state index is 12.6. The van der Waals surface area contributed by atoms with Crippen LogP contribution in [0.25, 0.3) is 0 Å². The van der Waals surface area contributed by atoms with Gasteiger partial charge in [-0.3, -0.25) is 4.79 Å². The van der Waals surface area contributed by atoms with Crippen molar-refractivity contribution in [3.05, 3.63) is 23.8 Å². The molecule has 1 aromatic rings. The second kappa shape index (κ2) is 7.31. The van der Waals surface area contributed by atoms with Gasteiger partial charge in [0.05, 0.1) is 0 Å². The topological polar surface area (TPSA) is 72.8 Å². The fraction of sp³-hybridized carbons (Fsp3) is 0.562. The van der Waals surface area contributed by atoms with Gasteiger partial charge in [0.15, 0.2) is 11.5 Å². The van der Waals surface area contributed by atoms with E-state index < -0.39 is 0 Å². The Morgan fingerprint density at radius 2 is 2.14 bits per heavy atom. The maximum Gasteiger partial charge on any atom is 0.254 e. The minimum atomic E-state index is -0.256. The summed E-state index contributed by atoms with van der Waals surface area (Å²) in [6.07, 6.45) is 4.38. The summed E-state index contributed by atoms with van der Waals surface area (Å²) >= 11 is 0. The average molecular weight is 292 g/mol. The molecule has 0 saturated carbocycles. The first-order chi connectivity index (χ1) is 10.1. The molecule has 1 aliphatic rings. The molecule has 3 N–H and O–H groups in total. The summed E-state index contributed by atoms with van der Waals surface area (Å²) in [5, 5.41) is 22.3. The first kappa shape index (κ1) is 15.6. The lowest BCUT2D eigenvalue weighted by atomic mass is 10.0. The highest BCUT2D eigenvalue weighted by molar-refractivity contribution is 5.94. The molecule has 1 fully saturated rings. The van der Waals surface area contributed by atoms with E-state index in [0.29, 0.717) is 24.7 Å². The Labute approximate surface area is 125 Å². The largest absolute Gasteiger partial charge is 0.504 e. The monoisotopic (exact) mass is 292 g/mol. The van der Waals surface area contributed by atoms with Gasteiger partial charge in [-0.1, -0.05) is 13.3 Å². The van der Waals surface area contributed by atoms with Crippen LogP contribution in [-0.2, 0) is 0 Å². The van der Waals surface area contributed by atoms with E-state index in [4.69, 9.17) is 0 Å². The van der Waals surface area contributed by atoms with E-state index in [1.807, 2.05) is 11.8 Å². The quantitative estimate of drug-likeness (QED) is 0.727. The molecule has 0 aromatic heterocycles. The normalized spacial score (nSPS) is 18.4. The zero-order valence-corrected chi connectivity index (χ0v) is 12.5. The van der Waals surface area contributed by atoms with Crippen LogP contribution in [0.4, 0.5) is 0 Å². The number of rotatable bonds is 5. The van der Waals surface area contributed by atoms with Crippen molar-refractivity contribution in [1.82, 2.24) is 10.2 Å². The number of aromatic hydroxyl groups is 2. The van der Waals surface area contributed by atoms with Crippen LogP contribution in [0, 0.1) is 0 Å². The van der Waals surface area contributed by atoms with Gasteiger partial charge in [-0.2, -0.15) is 0 Å². The van der Waals surface area contributed by atoms with Gasteiger partial charge in [-0.15, -0.1) is 0 Å². The molecule has 5 nitrogen and oxygen atoms in total. The number of carbonyl (C=O) groups is 1. The van der Waals surface area contributed by atoms with Crippen molar-refractivity contribution in [3.63, 3.8) is 0 Å². The van der Waals surface area contributed by atoms with E-state index >= 15 is 0 Å². The minimum absolute atomic E-state index is 0.0977. The Morgan fingerprint density at radius 1 is 1.33 bits per heavy atom. The van der Waals surface area contributed by atoms with Crippen molar-refractivity contribution in [2.75, 3.05) is 19.6 Å². The summed E-state index contributed by atoms with van der Waals surface area (Å²) < 4.78 is 0. The minimum Gasteiger partial charge on any atom is -0.504 e. The second-order valence-electron chi connectivity index (χ2n) is 5.60. The van der Waals surface area contributed by atoms with E-state index in [0.717, 1.165) is 19.4 Å². The van der Waals surface area contributed by atoms with Crippen LogP contribution in [0.15, 0.2) is 18.2 Å². The van der Waals surface area contributed by atoms with E-state index in [9.17, 15) is 15.0 Å². The highest BCUT2D eigenvalue weighted by Gasteiger charge is 2.21. The standard InChI is InChI=1S/C16H24N2O3/c1-2-9-18(11-13-5-3-4-8-17-13)16(21)12-6-7-14(19)15(20)10-12/h6-7,10,13,17,19-20H,2-5,8-9,11H2,1H3. The highest BCUT2D eigenvalue weighted by atomic mass is 16.3. The Balaban J connectivity index is 2.08. The van der Waals surface area contributed by atoms with Crippen LogP contribution in [0.3, 0.4) is 0 Å². The zero-order chi connectivity index (χ0) is 15.2. The Hall–Kier alpha value is -1.75. The third kappa shape index (κ3) is 4.11. The summed E-state index contributed by atoms with van der Waals surface area (Å²) in [6.45, 7) is 4.44. The summed E-state index contributed by atoms with van der Waals surface area (Å²) in [5.41, 5.74) is 0.412. The number of hydrogen-bond donors (Lipinski definition) is 3. The zero-order valence-electron chi connectivity index (χ0n) is 12.5. The van der Waals surface area contributed by atoms with E-state index in [2.05, 4.69) is 5.32 Å². The smallest absolute Gasteiger partial charge is 0.254 e. The van der Waals surface area contributed by atoms with Crippen molar-refractivity contribution in [2.24, 2.45) is 0 Å². The van der Waals surface area contributed by atoms with Gasteiger partial charge in [0, 0.05) is 24.7 Å². The Bertz CT molecular complexity index is 484. The number of phenols is 2. The van der Waals surface area contributed by atoms with Crippen molar-refractivity contribution < 1.29 is 15.0 Å². The molecule has 2 rings (SSSR count). The predicted molar refractivity (Wildman–Crippen MR) is 81.6 cm³/mol. The van der Waals surface area contributed by atoms with Gasteiger partial charge in [0.25, 0.3) is 5.91 Å². The number of carbonyl (C=O) groups excluding carboxylic acids is 1. The highest BCUT2D eigenvalue weighted by Crippen LogP contribution is 2.25. The van der Waals surface area contributed by atoms with Crippen LogP contribution >= 0.6 is 0 Å². The van der Waals surface area contributed by atoms with Crippen LogP contribution in [0.2, 0.25) is 0 Å². The van der Waals surface area contributed by atoms with Crippen LogP contribution in [0.1, 0.15) is 43.0 Å². The molecule has 1 aromatic carbocycles. The lowest BCUT2D eigenvalue weighted by molar-refractivity contribution is 0.0731. The van der Waals surface area contributed by atoms with Crippen molar-refractivity contribution in [2.45, 2.75) is 38.6 Å². The van der Waals surface area contributed by atoms with Gasteiger partial charge in [-0.05, 0) is 44.0 Å². The number of phenolic OH excluding ortho intramolecular Hbond substituents is 2. The molecule has 0 spiro atoms. The molecule has 1 atom stereocenters. The van der Waals surface area contributed by atoms with Crippen molar-refractivity contribution in [3.8, 4) is 11.5 Å². The maximum atomic E-state index is 12.6. The lowest BCUT2D eigenvalue weighted by Crippen LogP contribution is -2.46. The third-order valence-electron chi connectivity index (χ3n) is 3.86. The number of amides is 1. The number of nitrogens with one attached hydrogen (secondary N) is 1. The lowest BCUT2D eigenvalue weighted by Gasteiger charge is -2.30. The third-order valence-corrected chi connectivity index (χ3v) is 3.86. The predicted octanol–water partition coefficient (Wildman–Crippen LogP) is 2.09. The van der Waals surface area contributed by atoms with E-state index in [1.54, 1.807) is 6.07 Å². The molecule has 21 heavy (non-hydrogen) atoms. The van der Waals surface area contributed by atoms with Gasteiger partial charge < -0.3 is 20.4 Å². The Morgan fingerprint density at radius 3 is 2.76 bits per heavy atom. The van der Waals surface area contributed by atoms with Gasteiger partial charge >= 0.3 is 0 Å². The second-order valence-corrected chi connectivity index (χ2v) is 5.60. The molecule has 5 heteroatoms. The van der Waals surface area contributed by atoms with Crippen LogP contribution in [0.5, 0.6) is 11.5 Å². The summed E-state index contributed by atoms with van der Waals surface area (Å²) in [5.74, 6) is -0.560. The first-order valence-corrected chi connectivity index (χ1v) is 7.66. The van der Waals surface area contributed by atoms with Crippen molar-refractivity contribution >= 4 is 5.91 Å². The summed E-state index contributed by atoms with van der Waals surface area (Å²) in [7, 11) is 0. The molecule has 116 valence electrons. The Kier molecular flexibility index (Phi) is 5.44. The van der Waals surface area contributed by atoms with Gasteiger partial charge in [0.1, 0.15) is 0 Å². The molecule has 1 aliphatic heterocycles. The SMILES string of the molecule is CCCN(CC1CCCCN1)C(=O)c1ccc(O)c(O)c1. The first-order valence-electron chi connectivity index (χ1n) is 7.66. The number of hydrogen-bond acceptors (Lipinski definition) is 4. The molecule has 1 amide bonds. The molecule has 0 aliphatic carbocycles. The summed E-state index contributed by atoms with van der Waals surface area (Å²) in [6, 6.07) is 4.58. The van der Waals surface area contributed by atoms with E-state index in [1.165, 1.54) is 25.0 Å². The molecule has 0 radical (unpaired) electrons. The molecule has 1 heterocycles. The number of benzene rings is 1. The van der Waals surface area contributed by atoms with Crippen molar-refractivity contribution in [1.29, 1.82) is 0 Å². The number of piperidine rings is 1. The average Bonchev–Trinajstić information content (AvgIpc) is 2.50. The molecular formula is C16H24N2O3. The molecule has 1 saturated heterocycles. The van der Waals surface area contributed by atoms with Gasteiger partial charge in [-0.25, -0.2) is 0 Å². The summed E-state index contributed by atoms with van der Waals surface area (Å²) in [4.78, 5) is 14.4. The molecule has 0 bridgehead atoms. The van der Waals surface area contributed by atoms with E-state index in [-0.39, 0.29) is 17.4 Å². The fourth-order valence-corrected chi connectivity index (χ4v) is 2.73.